The largest absolute Gasteiger partial charge is 0.495 e. The molecule has 0 fully saturated rings. The van der Waals surface area contributed by atoms with Crippen LogP contribution in [0.5, 0.6) is 17.2 Å². The minimum Gasteiger partial charge on any atom is -0.495 e. The molecule has 5 heteroatoms. The van der Waals surface area contributed by atoms with Gasteiger partial charge in [-0.1, -0.05) is 12.2 Å². The van der Waals surface area contributed by atoms with Gasteiger partial charge in [-0.05, 0) is 25.1 Å². The van der Waals surface area contributed by atoms with Gasteiger partial charge in [0.1, 0.15) is 5.75 Å². The number of ether oxygens (including phenoxy) is 3. The SMILES string of the molecule is C=C(C)C=COc1cc2nc3occc3c(OC)c2cc1OC. The minimum absolute atomic E-state index is 0.517. The predicted octanol–water partition coefficient (Wildman–Crippen LogP) is 4.47. The zero-order valence-corrected chi connectivity index (χ0v) is 13.3. The number of allylic oxidation sites excluding steroid dienone is 2. The van der Waals surface area contributed by atoms with Gasteiger partial charge in [0.05, 0.1) is 37.6 Å². The third-order valence-electron chi connectivity index (χ3n) is 3.39. The molecule has 0 N–H and O–H groups in total. The zero-order chi connectivity index (χ0) is 16.4. The Hall–Kier alpha value is -2.95. The molecule has 0 aliphatic rings. The number of methoxy groups -OCH3 is 2. The van der Waals surface area contributed by atoms with Crippen molar-refractivity contribution in [3.8, 4) is 17.2 Å². The second-order valence-electron chi connectivity index (χ2n) is 5.07. The van der Waals surface area contributed by atoms with Crippen molar-refractivity contribution in [2.45, 2.75) is 6.92 Å². The van der Waals surface area contributed by atoms with Crippen LogP contribution >= 0.6 is 0 Å². The van der Waals surface area contributed by atoms with Crippen molar-refractivity contribution in [3.63, 3.8) is 0 Å². The molecule has 0 amide bonds. The molecule has 0 aliphatic carbocycles. The Kier molecular flexibility index (Phi) is 3.93. The van der Waals surface area contributed by atoms with Crippen LogP contribution in [0.15, 0.2) is 53.4 Å². The number of fused-ring (bicyclic) bond motifs is 2. The van der Waals surface area contributed by atoms with Crippen molar-refractivity contribution in [3.05, 3.63) is 49.0 Å². The first-order valence-corrected chi connectivity index (χ1v) is 7.05. The lowest BCUT2D eigenvalue weighted by Gasteiger charge is -2.11. The van der Waals surface area contributed by atoms with E-state index in [1.807, 2.05) is 19.1 Å². The van der Waals surface area contributed by atoms with Crippen LogP contribution in [0, 0.1) is 0 Å². The van der Waals surface area contributed by atoms with Crippen LogP contribution in [-0.2, 0) is 0 Å². The Morgan fingerprint density at radius 3 is 2.70 bits per heavy atom. The average molecular weight is 311 g/mol. The van der Waals surface area contributed by atoms with Crippen molar-refractivity contribution in [1.82, 2.24) is 4.98 Å². The fourth-order valence-electron chi connectivity index (χ4n) is 2.33. The molecule has 0 saturated carbocycles. The lowest BCUT2D eigenvalue weighted by molar-refractivity contribution is 0.378. The quantitative estimate of drug-likeness (QED) is 0.514. The van der Waals surface area contributed by atoms with E-state index in [4.69, 9.17) is 18.6 Å². The van der Waals surface area contributed by atoms with E-state index in [1.165, 1.54) is 0 Å². The topological polar surface area (TPSA) is 53.7 Å². The molecule has 0 radical (unpaired) electrons. The number of benzene rings is 1. The molecule has 0 atom stereocenters. The number of pyridine rings is 1. The standard InChI is InChI=1S/C18H17NO4/c1-11(2)5-7-22-16-10-14-13(9-15(16)20-3)17(21-4)12-6-8-23-18(12)19-14/h5-10H,1H2,2-4H3. The van der Waals surface area contributed by atoms with E-state index in [0.29, 0.717) is 28.5 Å². The van der Waals surface area contributed by atoms with Crippen LogP contribution in [-0.4, -0.2) is 19.2 Å². The predicted molar refractivity (Wildman–Crippen MR) is 89.2 cm³/mol. The molecule has 0 aliphatic heterocycles. The van der Waals surface area contributed by atoms with Crippen molar-refractivity contribution < 1.29 is 18.6 Å². The fourth-order valence-corrected chi connectivity index (χ4v) is 2.33. The van der Waals surface area contributed by atoms with Gasteiger partial charge in [0.15, 0.2) is 11.5 Å². The average Bonchev–Trinajstić information content (AvgIpc) is 2.99. The normalized spacial score (nSPS) is 11.3. The van der Waals surface area contributed by atoms with E-state index in [1.54, 1.807) is 38.9 Å². The molecule has 0 unspecified atom stereocenters. The molecular formula is C18H17NO4. The molecule has 3 rings (SSSR count). The van der Waals surface area contributed by atoms with E-state index in [9.17, 15) is 0 Å². The summed E-state index contributed by atoms with van der Waals surface area (Å²) in [6, 6.07) is 5.46. The van der Waals surface area contributed by atoms with Gasteiger partial charge < -0.3 is 18.6 Å². The first-order chi connectivity index (χ1) is 11.1. The van der Waals surface area contributed by atoms with Crippen molar-refractivity contribution >= 4 is 22.0 Å². The maximum absolute atomic E-state index is 5.64. The highest BCUT2D eigenvalue weighted by Gasteiger charge is 2.15. The summed E-state index contributed by atoms with van der Waals surface area (Å²) in [6.07, 6.45) is 4.92. The Morgan fingerprint density at radius 2 is 2.00 bits per heavy atom. The van der Waals surface area contributed by atoms with Crippen LogP contribution in [0.3, 0.4) is 0 Å². The smallest absolute Gasteiger partial charge is 0.230 e. The molecule has 0 saturated heterocycles. The lowest BCUT2D eigenvalue weighted by Crippen LogP contribution is -1.94. The highest BCUT2D eigenvalue weighted by Crippen LogP contribution is 2.39. The number of hydrogen-bond donors (Lipinski definition) is 0. The minimum atomic E-state index is 0.517. The first-order valence-electron chi connectivity index (χ1n) is 7.05. The highest BCUT2D eigenvalue weighted by molar-refractivity contribution is 6.00. The van der Waals surface area contributed by atoms with Gasteiger partial charge in [-0.15, -0.1) is 0 Å². The first kappa shape index (κ1) is 15.0. The zero-order valence-electron chi connectivity index (χ0n) is 13.3. The molecule has 23 heavy (non-hydrogen) atoms. The Labute approximate surface area is 133 Å². The van der Waals surface area contributed by atoms with Gasteiger partial charge in [-0.3, -0.25) is 0 Å². The fraction of sp³-hybridized carbons (Fsp3) is 0.167. The van der Waals surface area contributed by atoms with Gasteiger partial charge >= 0.3 is 0 Å². The third-order valence-corrected chi connectivity index (χ3v) is 3.39. The summed E-state index contributed by atoms with van der Waals surface area (Å²) in [4.78, 5) is 4.50. The van der Waals surface area contributed by atoms with E-state index in [0.717, 1.165) is 16.3 Å². The molecule has 0 bridgehead atoms. The summed E-state index contributed by atoms with van der Waals surface area (Å²) in [6.45, 7) is 5.68. The molecule has 0 spiro atoms. The maximum atomic E-state index is 5.64. The highest BCUT2D eigenvalue weighted by atomic mass is 16.5. The second-order valence-corrected chi connectivity index (χ2v) is 5.07. The lowest BCUT2D eigenvalue weighted by atomic mass is 10.1. The van der Waals surface area contributed by atoms with Gasteiger partial charge in [0.25, 0.3) is 0 Å². The summed E-state index contributed by atoms with van der Waals surface area (Å²) < 4.78 is 22.0. The Balaban J connectivity index is 2.19. The summed E-state index contributed by atoms with van der Waals surface area (Å²) in [5, 5.41) is 1.65. The van der Waals surface area contributed by atoms with Crippen LogP contribution < -0.4 is 14.2 Å². The summed E-state index contributed by atoms with van der Waals surface area (Å²) in [5.41, 5.74) is 2.11. The summed E-state index contributed by atoms with van der Waals surface area (Å²) in [5.74, 6) is 1.84. The van der Waals surface area contributed by atoms with Gasteiger partial charge in [0.2, 0.25) is 5.71 Å². The van der Waals surface area contributed by atoms with Crippen LogP contribution in [0.25, 0.3) is 22.0 Å². The number of hydrogen-bond acceptors (Lipinski definition) is 5. The van der Waals surface area contributed by atoms with E-state index in [2.05, 4.69) is 11.6 Å². The van der Waals surface area contributed by atoms with Crippen molar-refractivity contribution in [2.75, 3.05) is 14.2 Å². The third kappa shape index (κ3) is 2.73. The van der Waals surface area contributed by atoms with Crippen LogP contribution in [0.4, 0.5) is 0 Å². The maximum Gasteiger partial charge on any atom is 0.230 e. The van der Waals surface area contributed by atoms with Gasteiger partial charge in [-0.25, -0.2) is 4.98 Å². The second kappa shape index (κ2) is 6.04. The molecular weight excluding hydrogens is 294 g/mol. The van der Waals surface area contributed by atoms with Crippen LogP contribution in [0.2, 0.25) is 0 Å². The van der Waals surface area contributed by atoms with Gasteiger partial charge in [0, 0.05) is 11.5 Å². The number of rotatable bonds is 5. The molecule has 118 valence electrons. The van der Waals surface area contributed by atoms with Gasteiger partial charge in [-0.2, -0.15) is 0 Å². The Bertz CT molecular complexity index is 908. The summed E-state index contributed by atoms with van der Waals surface area (Å²) in [7, 11) is 3.21. The van der Waals surface area contributed by atoms with Crippen LogP contribution in [0.1, 0.15) is 6.92 Å². The molecule has 3 aromatic rings. The molecule has 2 heterocycles. The number of nitrogens with zero attached hydrogens (tertiary/aromatic N) is 1. The van der Waals surface area contributed by atoms with Crippen molar-refractivity contribution in [1.29, 1.82) is 0 Å². The monoisotopic (exact) mass is 311 g/mol. The number of aromatic nitrogens is 1. The molecule has 2 aromatic heterocycles. The molecule has 5 nitrogen and oxygen atoms in total. The van der Waals surface area contributed by atoms with Crippen molar-refractivity contribution in [2.24, 2.45) is 0 Å². The Morgan fingerprint density at radius 1 is 1.17 bits per heavy atom. The van der Waals surface area contributed by atoms with E-state index < -0.39 is 0 Å². The number of furan rings is 1. The summed E-state index contributed by atoms with van der Waals surface area (Å²) >= 11 is 0. The van der Waals surface area contributed by atoms with E-state index >= 15 is 0 Å². The van der Waals surface area contributed by atoms with E-state index in [-0.39, 0.29) is 0 Å². The molecule has 1 aromatic carbocycles.